The van der Waals surface area contributed by atoms with Gasteiger partial charge in [-0.2, -0.15) is 0 Å². The molecule has 0 aliphatic heterocycles. The van der Waals surface area contributed by atoms with Crippen molar-refractivity contribution in [2.75, 3.05) is 11.9 Å². The number of anilines is 1. The van der Waals surface area contributed by atoms with E-state index in [1.807, 2.05) is 0 Å². The number of rotatable bonds is 6. The standard InChI is InChI=1S/C11H12N2O5S/c1-2-18-10(17)5-7-6-19-11(12-7)13-8(14)3-4-9(15)16/h3-4,6H,2,5H2,1H3,(H,15,16)(H,12,13,14)/p-1/b4-3+. The SMILES string of the molecule is CCOC(=O)Cc1csc(NC(=O)/C=C/C(=O)[O-])n1. The maximum Gasteiger partial charge on any atom is 0.311 e. The number of carbonyl (C=O) groups is 3. The maximum absolute atomic E-state index is 11.2. The number of carbonyl (C=O) groups excluding carboxylic acids is 3. The second-order valence-electron chi connectivity index (χ2n) is 3.27. The third kappa shape index (κ3) is 5.77. The molecule has 0 aromatic carbocycles. The van der Waals surface area contributed by atoms with Gasteiger partial charge in [-0.1, -0.05) is 0 Å². The van der Waals surface area contributed by atoms with Crippen LogP contribution in [0.15, 0.2) is 17.5 Å². The summed E-state index contributed by atoms with van der Waals surface area (Å²) >= 11 is 1.12. The fourth-order valence-corrected chi connectivity index (χ4v) is 1.81. The Morgan fingerprint density at radius 2 is 2.21 bits per heavy atom. The van der Waals surface area contributed by atoms with Crippen molar-refractivity contribution in [3.63, 3.8) is 0 Å². The lowest BCUT2D eigenvalue weighted by Crippen LogP contribution is -2.20. The average Bonchev–Trinajstić information content (AvgIpc) is 2.74. The van der Waals surface area contributed by atoms with Crippen molar-refractivity contribution in [3.8, 4) is 0 Å². The molecule has 0 fully saturated rings. The Hall–Kier alpha value is -2.22. The largest absolute Gasteiger partial charge is 0.545 e. The predicted octanol–water partition coefficient (Wildman–Crippen LogP) is -0.507. The number of nitrogens with zero attached hydrogens (tertiary/aromatic N) is 1. The van der Waals surface area contributed by atoms with Crippen molar-refractivity contribution >= 4 is 34.3 Å². The summed E-state index contributed by atoms with van der Waals surface area (Å²) in [7, 11) is 0. The molecule has 1 rings (SSSR count). The molecule has 1 aromatic heterocycles. The Morgan fingerprint density at radius 1 is 1.47 bits per heavy atom. The van der Waals surface area contributed by atoms with Crippen LogP contribution in [0.4, 0.5) is 5.13 Å². The number of thiazole rings is 1. The van der Waals surface area contributed by atoms with E-state index in [0.717, 1.165) is 17.4 Å². The first-order valence-electron chi connectivity index (χ1n) is 5.31. The predicted molar refractivity (Wildman–Crippen MR) is 65.2 cm³/mol. The molecule has 1 aromatic rings. The fraction of sp³-hybridized carbons (Fsp3) is 0.273. The number of amides is 1. The molecule has 0 aliphatic carbocycles. The Balaban J connectivity index is 2.53. The first kappa shape index (κ1) is 14.8. The lowest BCUT2D eigenvalue weighted by Gasteiger charge is -1.98. The van der Waals surface area contributed by atoms with E-state index in [1.165, 1.54) is 0 Å². The van der Waals surface area contributed by atoms with Crippen LogP contribution in [0.2, 0.25) is 0 Å². The summed E-state index contributed by atoms with van der Waals surface area (Å²) in [6, 6.07) is 0. The first-order valence-corrected chi connectivity index (χ1v) is 6.19. The third-order valence-corrected chi connectivity index (χ3v) is 2.59. The summed E-state index contributed by atoms with van der Waals surface area (Å²) in [5, 5.41) is 14.3. The van der Waals surface area contributed by atoms with Gasteiger partial charge < -0.3 is 14.6 Å². The summed E-state index contributed by atoms with van der Waals surface area (Å²) in [4.78, 5) is 36.5. The van der Waals surface area contributed by atoms with Crippen LogP contribution in [0.3, 0.4) is 0 Å². The van der Waals surface area contributed by atoms with Gasteiger partial charge in [0.25, 0.3) is 0 Å². The Labute approximate surface area is 112 Å². The van der Waals surface area contributed by atoms with Gasteiger partial charge >= 0.3 is 5.97 Å². The molecule has 102 valence electrons. The zero-order valence-electron chi connectivity index (χ0n) is 10.0. The highest BCUT2D eigenvalue weighted by atomic mass is 32.1. The number of esters is 1. The van der Waals surface area contributed by atoms with E-state index in [1.54, 1.807) is 12.3 Å². The minimum atomic E-state index is -1.46. The lowest BCUT2D eigenvalue weighted by molar-refractivity contribution is -0.297. The monoisotopic (exact) mass is 283 g/mol. The van der Waals surface area contributed by atoms with Crippen molar-refractivity contribution in [1.29, 1.82) is 0 Å². The topological polar surface area (TPSA) is 108 Å². The van der Waals surface area contributed by atoms with Crippen LogP contribution >= 0.6 is 11.3 Å². The number of nitrogens with one attached hydrogen (secondary N) is 1. The second-order valence-corrected chi connectivity index (χ2v) is 4.13. The lowest BCUT2D eigenvalue weighted by atomic mass is 10.3. The average molecular weight is 283 g/mol. The highest BCUT2D eigenvalue weighted by molar-refractivity contribution is 7.14. The molecule has 0 saturated heterocycles. The normalized spacial score (nSPS) is 10.4. The van der Waals surface area contributed by atoms with Crippen molar-refractivity contribution in [2.45, 2.75) is 13.3 Å². The number of hydrogen-bond donors (Lipinski definition) is 1. The maximum atomic E-state index is 11.2. The molecular weight excluding hydrogens is 272 g/mol. The number of hydrogen-bond acceptors (Lipinski definition) is 7. The second kappa shape index (κ2) is 7.27. The van der Waals surface area contributed by atoms with Crippen LogP contribution in [0.1, 0.15) is 12.6 Å². The van der Waals surface area contributed by atoms with Gasteiger partial charge in [-0.05, 0) is 13.0 Å². The Kier molecular flexibility index (Phi) is 5.68. The van der Waals surface area contributed by atoms with Gasteiger partial charge in [0, 0.05) is 11.5 Å². The van der Waals surface area contributed by atoms with Gasteiger partial charge in [0.2, 0.25) is 5.91 Å². The quantitative estimate of drug-likeness (QED) is 0.556. The van der Waals surface area contributed by atoms with E-state index in [4.69, 9.17) is 4.74 Å². The number of aliphatic carboxylic acids is 1. The number of aromatic nitrogens is 1. The first-order chi connectivity index (χ1) is 9.01. The molecule has 1 N–H and O–H groups in total. The molecule has 1 heterocycles. The van der Waals surface area contributed by atoms with Crippen LogP contribution in [-0.2, 0) is 25.5 Å². The molecule has 0 saturated carbocycles. The summed E-state index contributed by atoms with van der Waals surface area (Å²) < 4.78 is 4.76. The van der Waals surface area contributed by atoms with E-state index in [-0.39, 0.29) is 11.6 Å². The van der Waals surface area contributed by atoms with E-state index >= 15 is 0 Å². The Bertz CT molecular complexity index is 509. The summed E-state index contributed by atoms with van der Waals surface area (Å²) in [6.07, 6.45) is 1.46. The number of carboxylic acid groups (broad SMARTS) is 1. The van der Waals surface area contributed by atoms with E-state index in [0.29, 0.717) is 18.4 Å². The highest BCUT2D eigenvalue weighted by Crippen LogP contribution is 2.16. The molecule has 7 nitrogen and oxygen atoms in total. The molecule has 0 bridgehead atoms. The number of carboxylic acids is 1. The summed E-state index contributed by atoms with van der Waals surface area (Å²) in [5.41, 5.74) is 0.475. The van der Waals surface area contributed by atoms with Crippen LogP contribution in [0, 0.1) is 0 Å². The van der Waals surface area contributed by atoms with Crippen molar-refractivity contribution in [3.05, 3.63) is 23.2 Å². The van der Waals surface area contributed by atoms with E-state index in [2.05, 4.69) is 10.3 Å². The van der Waals surface area contributed by atoms with Crippen LogP contribution in [-0.4, -0.2) is 29.4 Å². The van der Waals surface area contributed by atoms with Crippen molar-refractivity contribution < 1.29 is 24.2 Å². The third-order valence-electron chi connectivity index (χ3n) is 1.78. The zero-order valence-corrected chi connectivity index (χ0v) is 10.9. The fourth-order valence-electron chi connectivity index (χ4n) is 1.10. The molecule has 0 aliphatic rings. The molecule has 0 atom stereocenters. The molecule has 19 heavy (non-hydrogen) atoms. The van der Waals surface area contributed by atoms with Gasteiger partial charge in [0.1, 0.15) is 0 Å². The summed E-state index contributed by atoms with van der Waals surface area (Å²) in [5.74, 6) is -2.50. The van der Waals surface area contributed by atoms with Crippen molar-refractivity contribution in [1.82, 2.24) is 4.98 Å². The van der Waals surface area contributed by atoms with Gasteiger partial charge in [-0.25, -0.2) is 4.98 Å². The van der Waals surface area contributed by atoms with Gasteiger partial charge in [0.05, 0.1) is 24.7 Å². The zero-order chi connectivity index (χ0) is 14.3. The smallest absolute Gasteiger partial charge is 0.311 e. The molecule has 8 heteroatoms. The van der Waals surface area contributed by atoms with Gasteiger partial charge in [0.15, 0.2) is 5.13 Å². The molecular formula is C11H11N2O5S-. The van der Waals surface area contributed by atoms with E-state index in [9.17, 15) is 19.5 Å². The summed E-state index contributed by atoms with van der Waals surface area (Å²) in [6.45, 7) is 1.99. The molecule has 0 unspecified atom stereocenters. The molecule has 0 spiro atoms. The van der Waals surface area contributed by atoms with Crippen LogP contribution in [0.25, 0.3) is 0 Å². The Morgan fingerprint density at radius 3 is 2.84 bits per heavy atom. The minimum absolute atomic E-state index is 0.0229. The van der Waals surface area contributed by atoms with Gasteiger partial charge in [-0.15, -0.1) is 11.3 Å². The van der Waals surface area contributed by atoms with Gasteiger partial charge in [-0.3, -0.25) is 14.9 Å². The van der Waals surface area contributed by atoms with Crippen LogP contribution < -0.4 is 10.4 Å². The molecule has 1 amide bonds. The van der Waals surface area contributed by atoms with Crippen LogP contribution in [0.5, 0.6) is 0 Å². The number of ether oxygens (including phenoxy) is 1. The highest BCUT2D eigenvalue weighted by Gasteiger charge is 2.09. The van der Waals surface area contributed by atoms with E-state index < -0.39 is 17.8 Å². The van der Waals surface area contributed by atoms with Crippen molar-refractivity contribution in [2.24, 2.45) is 0 Å². The molecule has 0 radical (unpaired) electrons. The minimum Gasteiger partial charge on any atom is -0.545 e.